The Morgan fingerprint density at radius 3 is 2.78 bits per heavy atom. The van der Waals surface area contributed by atoms with Gasteiger partial charge in [0.2, 0.25) is 11.0 Å². The molecule has 0 saturated carbocycles. The first-order chi connectivity index (χ1) is 13.2. The van der Waals surface area contributed by atoms with Crippen molar-refractivity contribution >= 4 is 28.4 Å². The van der Waals surface area contributed by atoms with Crippen LogP contribution in [0, 0.1) is 0 Å². The predicted octanol–water partition coefficient (Wildman–Crippen LogP) is 4.26. The SMILES string of the molecule is CSc1nnc2c(n1)O[C@H](c1cn(C)c3ccccc13)Nc1ccccc1-2. The molecule has 0 unspecified atom stereocenters. The summed E-state index contributed by atoms with van der Waals surface area (Å²) in [4.78, 5) is 4.57. The fourth-order valence-electron chi connectivity index (χ4n) is 3.46. The molecule has 1 aliphatic heterocycles. The van der Waals surface area contributed by atoms with E-state index in [1.807, 2.05) is 49.7 Å². The molecule has 134 valence electrons. The first-order valence-corrected chi connectivity index (χ1v) is 9.82. The van der Waals surface area contributed by atoms with E-state index in [1.165, 1.54) is 11.8 Å². The van der Waals surface area contributed by atoms with Crippen LogP contribution in [0.15, 0.2) is 59.9 Å². The average Bonchev–Trinajstić information content (AvgIpc) is 2.95. The Labute approximate surface area is 160 Å². The number of para-hydroxylation sites is 2. The molecule has 7 heteroatoms. The second-order valence-corrected chi connectivity index (χ2v) is 7.13. The van der Waals surface area contributed by atoms with E-state index in [9.17, 15) is 0 Å². The maximum absolute atomic E-state index is 6.34. The molecular formula is C20H17N5OS. The van der Waals surface area contributed by atoms with Gasteiger partial charge in [-0.05, 0) is 18.4 Å². The summed E-state index contributed by atoms with van der Waals surface area (Å²) >= 11 is 1.44. The number of hydrogen-bond donors (Lipinski definition) is 1. The molecule has 5 rings (SSSR count). The minimum Gasteiger partial charge on any atom is -0.448 e. The van der Waals surface area contributed by atoms with Crippen LogP contribution in [0.1, 0.15) is 11.8 Å². The van der Waals surface area contributed by atoms with Crippen LogP contribution in [-0.4, -0.2) is 26.0 Å². The summed E-state index contributed by atoms with van der Waals surface area (Å²) in [6.45, 7) is 0. The van der Waals surface area contributed by atoms with Gasteiger partial charge in [-0.2, -0.15) is 4.98 Å². The van der Waals surface area contributed by atoms with Crippen molar-refractivity contribution in [3.8, 4) is 17.1 Å². The fourth-order valence-corrected chi connectivity index (χ4v) is 3.75. The van der Waals surface area contributed by atoms with E-state index < -0.39 is 0 Å². The van der Waals surface area contributed by atoms with Crippen LogP contribution in [0.3, 0.4) is 0 Å². The first kappa shape index (κ1) is 16.1. The minimum atomic E-state index is -0.384. The number of anilines is 1. The summed E-state index contributed by atoms with van der Waals surface area (Å²) in [7, 11) is 2.04. The Kier molecular flexibility index (Phi) is 3.75. The second kappa shape index (κ2) is 6.28. The predicted molar refractivity (Wildman–Crippen MR) is 107 cm³/mol. The maximum Gasteiger partial charge on any atom is 0.247 e. The summed E-state index contributed by atoms with van der Waals surface area (Å²) in [6.07, 6.45) is 3.64. The summed E-state index contributed by atoms with van der Waals surface area (Å²) in [5.74, 6) is 0.490. The van der Waals surface area contributed by atoms with Crippen LogP contribution in [-0.2, 0) is 7.05 Å². The monoisotopic (exact) mass is 375 g/mol. The Morgan fingerprint density at radius 1 is 1.07 bits per heavy atom. The van der Waals surface area contributed by atoms with Crippen molar-refractivity contribution in [1.82, 2.24) is 19.7 Å². The molecule has 27 heavy (non-hydrogen) atoms. The van der Waals surface area contributed by atoms with Crippen LogP contribution in [0.5, 0.6) is 5.88 Å². The van der Waals surface area contributed by atoms with Gasteiger partial charge in [-0.15, -0.1) is 10.2 Å². The summed E-state index contributed by atoms with van der Waals surface area (Å²) in [6, 6.07) is 16.3. The number of nitrogens with one attached hydrogen (secondary N) is 1. The topological polar surface area (TPSA) is 64.9 Å². The number of rotatable bonds is 2. The Balaban J connectivity index is 1.71. The molecule has 0 bridgehead atoms. The van der Waals surface area contributed by atoms with Crippen molar-refractivity contribution in [2.45, 2.75) is 11.4 Å². The van der Waals surface area contributed by atoms with Crippen molar-refractivity contribution in [3.63, 3.8) is 0 Å². The molecule has 0 spiro atoms. The van der Waals surface area contributed by atoms with E-state index in [4.69, 9.17) is 4.74 Å². The molecule has 3 heterocycles. The fraction of sp³-hybridized carbons (Fsp3) is 0.150. The van der Waals surface area contributed by atoms with Gasteiger partial charge in [-0.25, -0.2) is 0 Å². The Bertz CT molecular complexity index is 1160. The average molecular weight is 375 g/mol. The highest BCUT2D eigenvalue weighted by molar-refractivity contribution is 7.98. The van der Waals surface area contributed by atoms with Crippen molar-refractivity contribution in [2.24, 2.45) is 7.05 Å². The zero-order chi connectivity index (χ0) is 18.4. The maximum atomic E-state index is 6.34. The molecule has 2 aromatic carbocycles. The van der Waals surface area contributed by atoms with Gasteiger partial charge in [0.25, 0.3) is 0 Å². The lowest BCUT2D eigenvalue weighted by atomic mass is 10.1. The van der Waals surface area contributed by atoms with Gasteiger partial charge in [0.15, 0.2) is 11.9 Å². The molecule has 0 aliphatic carbocycles. The quantitative estimate of drug-likeness (QED) is 0.528. The molecule has 6 nitrogen and oxygen atoms in total. The van der Waals surface area contributed by atoms with Crippen molar-refractivity contribution in [2.75, 3.05) is 11.6 Å². The first-order valence-electron chi connectivity index (χ1n) is 8.60. The highest BCUT2D eigenvalue weighted by atomic mass is 32.2. The molecule has 1 N–H and O–H groups in total. The second-order valence-electron chi connectivity index (χ2n) is 6.35. The molecular weight excluding hydrogens is 358 g/mol. The molecule has 4 aromatic rings. The summed E-state index contributed by atoms with van der Waals surface area (Å²) in [5.41, 5.74) is 4.74. The van der Waals surface area contributed by atoms with Gasteiger partial charge >= 0.3 is 0 Å². The van der Waals surface area contributed by atoms with Crippen LogP contribution in [0.2, 0.25) is 0 Å². The number of aromatic nitrogens is 4. The molecule has 2 aromatic heterocycles. The summed E-state index contributed by atoms with van der Waals surface area (Å²) in [5, 5.41) is 13.8. The smallest absolute Gasteiger partial charge is 0.247 e. The van der Waals surface area contributed by atoms with E-state index in [0.29, 0.717) is 16.7 Å². The highest BCUT2D eigenvalue weighted by Crippen LogP contribution is 2.40. The number of nitrogens with zero attached hydrogens (tertiary/aromatic N) is 4. The van der Waals surface area contributed by atoms with E-state index >= 15 is 0 Å². The van der Waals surface area contributed by atoms with Gasteiger partial charge in [0.05, 0.1) is 0 Å². The van der Waals surface area contributed by atoms with Gasteiger partial charge in [-0.1, -0.05) is 48.2 Å². The highest BCUT2D eigenvalue weighted by Gasteiger charge is 2.27. The van der Waals surface area contributed by atoms with Crippen LogP contribution in [0.25, 0.3) is 22.2 Å². The lowest BCUT2D eigenvalue weighted by molar-refractivity contribution is 0.226. The van der Waals surface area contributed by atoms with Gasteiger partial charge < -0.3 is 14.6 Å². The molecule has 0 saturated heterocycles. The number of ether oxygens (including phenoxy) is 1. The van der Waals surface area contributed by atoms with Gasteiger partial charge in [0, 0.05) is 41.0 Å². The lowest BCUT2D eigenvalue weighted by Gasteiger charge is -2.18. The molecule has 1 aliphatic rings. The van der Waals surface area contributed by atoms with Crippen LogP contribution < -0.4 is 10.1 Å². The number of thioether (sulfide) groups is 1. The van der Waals surface area contributed by atoms with E-state index in [1.54, 1.807) is 0 Å². The normalized spacial score (nSPS) is 15.4. The zero-order valence-corrected chi connectivity index (χ0v) is 15.7. The van der Waals surface area contributed by atoms with Crippen LogP contribution >= 0.6 is 11.8 Å². The van der Waals surface area contributed by atoms with E-state index in [-0.39, 0.29) is 6.23 Å². The minimum absolute atomic E-state index is 0.384. The third-order valence-corrected chi connectivity index (χ3v) is 5.26. The molecule has 1 atom stereocenters. The Morgan fingerprint density at radius 2 is 1.89 bits per heavy atom. The summed E-state index contributed by atoms with van der Waals surface area (Å²) < 4.78 is 8.45. The number of fused-ring (bicyclic) bond motifs is 4. The van der Waals surface area contributed by atoms with Gasteiger partial charge in [-0.3, -0.25) is 0 Å². The largest absolute Gasteiger partial charge is 0.448 e. The molecule has 0 fully saturated rings. The van der Waals surface area contributed by atoms with Crippen molar-refractivity contribution < 1.29 is 4.74 Å². The van der Waals surface area contributed by atoms with Crippen molar-refractivity contribution in [3.05, 3.63) is 60.3 Å². The van der Waals surface area contributed by atoms with Crippen molar-refractivity contribution in [1.29, 1.82) is 0 Å². The van der Waals surface area contributed by atoms with Crippen LogP contribution in [0.4, 0.5) is 5.69 Å². The lowest BCUT2D eigenvalue weighted by Crippen LogP contribution is -2.17. The molecule has 0 amide bonds. The van der Waals surface area contributed by atoms with E-state index in [0.717, 1.165) is 27.7 Å². The molecule has 0 radical (unpaired) electrons. The zero-order valence-electron chi connectivity index (χ0n) is 14.9. The number of aryl methyl sites for hydroxylation is 1. The van der Waals surface area contributed by atoms with E-state index in [2.05, 4.69) is 43.4 Å². The standard InChI is InChI=1S/C20H17N5OS/c1-25-11-14(12-7-4-6-10-16(12)25)18-21-15-9-5-3-8-13(15)17-19(26-18)22-20(27-2)24-23-17/h3-11,18,21H,1-2H3/t18-/m1/s1. The number of hydrogen-bond acceptors (Lipinski definition) is 6. The third kappa shape index (κ3) is 2.62. The Hall–Kier alpha value is -3.06. The van der Waals surface area contributed by atoms with Gasteiger partial charge in [0.1, 0.15) is 0 Å². The number of benzene rings is 2. The third-order valence-electron chi connectivity index (χ3n) is 4.73.